The van der Waals surface area contributed by atoms with Gasteiger partial charge in [0.1, 0.15) is 6.10 Å². The standard InChI is InChI=1S/C16H20N2O2/c1-18-9-5-12-2-6-16(10-14(12)18)19-11-15(20-16)13-3-7-17-8-4-13/h2-4,6-8,12,14-15H,5,9-11H2,1H3. The van der Waals surface area contributed by atoms with Gasteiger partial charge in [-0.1, -0.05) is 6.08 Å². The lowest BCUT2D eigenvalue weighted by Crippen LogP contribution is -2.42. The minimum absolute atomic E-state index is 0.0194. The second-order valence-corrected chi connectivity index (χ2v) is 6.07. The highest BCUT2D eigenvalue weighted by Crippen LogP contribution is 2.44. The van der Waals surface area contributed by atoms with Gasteiger partial charge < -0.3 is 14.4 Å². The summed E-state index contributed by atoms with van der Waals surface area (Å²) < 4.78 is 12.3. The number of likely N-dealkylation sites (tertiary alicyclic amines) is 1. The molecule has 1 aromatic heterocycles. The predicted molar refractivity (Wildman–Crippen MR) is 75.0 cm³/mol. The molecule has 0 radical (unpaired) electrons. The Kier molecular flexibility index (Phi) is 2.91. The molecule has 1 aliphatic carbocycles. The Morgan fingerprint density at radius 1 is 1.35 bits per heavy atom. The van der Waals surface area contributed by atoms with Crippen molar-refractivity contribution in [3.63, 3.8) is 0 Å². The van der Waals surface area contributed by atoms with Gasteiger partial charge in [-0.3, -0.25) is 4.98 Å². The lowest BCUT2D eigenvalue weighted by Gasteiger charge is -2.36. The third-order valence-corrected chi connectivity index (χ3v) is 4.87. The largest absolute Gasteiger partial charge is 0.343 e. The van der Waals surface area contributed by atoms with Crippen LogP contribution in [-0.2, 0) is 9.47 Å². The van der Waals surface area contributed by atoms with Crippen molar-refractivity contribution in [1.82, 2.24) is 9.88 Å². The van der Waals surface area contributed by atoms with Gasteiger partial charge in [0.25, 0.3) is 0 Å². The van der Waals surface area contributed by atoms with E-state index in [0.29, 0.717) is 18.6 Å². The molecule has 4 unspecified atom stereocenters. The molecule has 0 N–H and O–H groups in total. The second kappa shape index (κ2) is 4.65. The first-order valence-electron chi connectivity index (χ1n) is 7.37. The van der Waals surface area contributed by atoms with Gasteiger partial charge in [-0.2, -0.15) is 0 Å². The average Bonchev–Trinajstić information content (AvgIpc) is 3.06. The van der Waals surface area contributed by atoms with Gasteiger partial charge in [-0.25, -0.2) is 0 Å². The molecule has 3 heterocycles. The van der Waals surface area contributed by atoms with Gasteiger partial charge in [0.2, 0.25) is 0 Å². The van der Waals surface area contributed by atoms with Crippen LogP contribution in [0.1, 0.15) is 24.5 Å². The Morgan fingerprint density at radius 2 is 2.20 bits per heavy atom. The van der Waals surface area contributed by atoms with Crippen LogP contribution in [0.5, 0.6) is 0 Å². The molecular formula is C16H20N2O2. The van der Waals surface area contributed by atoms with Crippen LogP contribution in [0, 0.1) is 5.92 Å². The summed E-state index contributed by atoms with van der Waals surface area (Å²) in [5, 5.41) is 0. The molecule has 20 heavy (non-hydrogen) atoms. The molecule has 2 aliphatic heterocycles. The van der Waals surface area contributed by atoms with Crippen molar-refractivity contribution in [2.45, 2.75) is 30.8 Å². The highest BCUT2D eigenvalue weighted by atomic mass is 16.7. The number of hydrogen-bond donors (Lipinski definition) is 0. The van der Waals surface area contributed by atoms with E-state index >= 15 is 0 Å². The zero-order valence-corrected chi connectivity index (χ0v) is 11.7. The minimum Gasteiger partial charge on any atom is -0.343 e. The lowest BCUT2D eigenvalue weighted by atomic mass is 9.87. The Bertz CT molecular complexity index is 518. The van der Waals surface area contributed by atoms with Crippen LogP contribution in [0.25, 0.3) is 0 Å². The molecule has 4 heteroatoms. The van der Waals surface area contributed by atoms with Crippen molar-refractivity contribution >= 4 is 0 Å². The smallest absolute Gasteiger partial charge is 0.190 e. The summed E-state index contributed by atoms with van der Waals surface area (Å²) in [6.07, 6.45) is 10.3. The fourth-order valence-corrected chi connectivity index (χ4v) is 3.66. The van der Waals surface area contributed by atoms with Gasteiger partial charge in [0.15, 0.2) is 5.79 Å². The van der Waals surface area contributed by atoms with Gasteiger partial charge >= 0.3 is 0 Å². The monoisotopic (exact) mass is 272 g/mol. The van der Waals surface area contributed by atoms with E-state index in [0.717, 1.165) is 12.0 Å². The zero-order valence-electron chi connectivity index (χ0n) is 11.7. The zero-order chi connectivity index (χ0) is 13.6. The fourth-order valence-electron chi connectivity index (χ4n) is 3.66. The van der Waals surface area contributed by atoms with E-state index in [4.69, 9.17) is 9.47 Å². The molecule has 4 nitrogen and oxygen atoms in total. The number of fused-ring (bicyclic) bond motifs is 1. The van der Waals surface area contributed by atoms with Crippen LogP contribution in [0.4, 0.5) is 0 Å². The first-order valence-corrected chi connectivity index (χ1v) is 7.37. The highest BCUT2D eigenvalue weighted by Gasteiger charge is 2.47. The quantitative estimate of drug-likeness (QED) is 0.734. The number of pyridine rings is 1. The van der Waals surface area contributed by atoms with E-state index < -0.39 is 5.79 Å². The molecular weight excluding hydrogens is 252 g/mol. The molecule has 4 atom stereocenters. The summed E-state index contributed by atoms with van der Waals surface area (Å²) in [6, 6.07) is 4.56. The molecule has 106 valence electrons. The number of aromatic nitrogens is 1. The Morgan fingerprint density at radius 3 is 3.05 bits per heavy atom. The van der Waals surface area contributed by atoms with Crippen LogP contribution >= 0.6 is 0 Å². The minimum atomic E-state index is -0.520. The summed E-state index contributed by atoms with van der Waals surface area (Å²) >= 11 is 0. The molecule has 4 rings (SSSR count). The molecule has 0 bridgehead atoms. The first kappa shape index (κ1) is 12.5. The van der Waals surface area contributed by atoms with E-state index in [1.807, 2.05) is 12.1 Å². The Balaban J connectivity index is 1.54. The van der Waals surface area contributed by atoms with Crippen molar-refractivity contribution in [2.24, 2.45) is 5.92 Å². The summed E-state index contributed by atoms with van der Waals surface area (Å²) in [5.41, 5.74) is 1.15. The predicted octanol–water partition coefficient (Wildman–Crippen LogP) is 2.15. The van der Waals surface area contributed by atoms with Crippen LogP contribution in [0.3, 0.4) is 0 Å². The number of rotatable bonds is 1. The van der Waals surface area contributed by atoms with Crippen molar-refractivity contribution < 1.29 is 9.47 Å². The second-order valence-electron chi connectivity index (χ2n) is 6.07. The van der Waals surface area contributed by atoms with Gasteiger partial charge in [0, 0.05) is 24.9 Å². The van der Waals surface area contributed by atoms with Gasteiger partial charge in [-0.05, 0) is 49.7 Å². The molecule has 2 saturated heterocycles. The van der Waals surface area contributed by atoms with Gasteiger partial charge in [0.05, 0.1) is 6.61 Å². The molecule has 0 aromatic carbocycles. The summed E-state index contributed by atoms with van der Waals surface area (Å²) in [6.45, 7) is 1.79. The van der Waals surface area contributed by atoms with Crippen LogP contribution < -0.4 is 0 Å². The maximum absolute atomic E-state index is 6.27. The van der Waals surface area contributed by atoms with Crippen LogP contribution in [0.15, 0.2) is 36.7 Å². The Labute approximate surface area is 119 Å². The molecule has 3 aliphatic rings. The third-order valence-electron chi connectivity index (χ3n) is 4.87. The third kappa shape index (κ3) is 1.99. The molecule has 1 aromatic rings. The van der Waals surface area contributed by atoms with E-state index in [9.17, 15) is 0 Å². The summed E-state index contributed by atoms with van der Waals surface area (Å²) in [7, 11) is 2.20. The number of ether oxygens (including phenoxy) is 2. The molecule has 0 amide bonds. The average molecular weight is 272 g/mol. The van der Waals surface area contributed by atoms with Crippen molar-refractivity contribution in [2.75, 3.05) is 20.2 Å². The van der Waals surface area contributed by atoms with E-state index in [1.54, 1.807) is 12.4 Å². The molecule has 1 spiro atoms. The molecule has 2 fully saturated rings. The van der Waals surface area contributed by atoms with Crippen LogP contribution in [-0.4, -0.2) is 41.9 Å². The fraction of sp³-hybridized carbons (Fsp3) is 0.562. The topological polar surface area (TPSA) is 34.6 Å². The van der Waals surface area contributed by atoms with E-state index in [2.05, 4.69) is 29.1 Å². The summed E-state index contributed by atoms with van der Waals surface area (Å²) in [5.74, 6) is 0.144. The SMILES string of the molecule is CN1CCC2C=CC3(CC21)OCC(c1ccncc1)O3. The maximum Gasteiger partial charge on any atom is 0.190 e. The summed E-state index contributed by atoms with van der Waals surface area (Å²) in [4.78, 5) is 6.49. The van der Waals surface area contributed by atoms with Crippen LogP contribution in [0.2, 0.25) is 0 Å². The van der Waals surface area contributed by atoms with Gasteiger partial charge in [-0.15, -0.1) is 0 Å². The normalized spacial score (nSPS) is 40.4. The number of hydrogen-bond acceptors (Lipinski definition) is 4. The van der Waals surface area contributed by atoms with E-state index in [-0.39, 0.29) is 6.10 Å². The first-order chi connectivity index (χ1) is 9.76. The maximum atomic E-state index is 6.27. The molecule has 0 saturated carbocycles. The van der Waals surface area contributed by atoms with Crippen molar-refractivity contribution in [3.8, 4) is 0 Å². The number of nitrogens with zero attached hydrogens (tertiary/aromatic N) is 2. The van der Waals surface area contributed by atoms with Crippen molar-refractivity contribution in [3.05, 3.63) is 42.2 Å². The Hall–Kier alpha value is -1.23. The lowest BCUT2D eigenvalue weighted by molar-refractivity contribution is -0.148. The highest BCUT2D eigenvalue weighted by molar-refractivity contribution is 5.18. The van der Waals surface area contributed by atoms with Crippen molar-refractivity contribution in [1.29, 1.82) is 0 Å². The van der Waals surface area contributed by atoms with E-state index in [1.165, 1.54) is 13.0 Å².